The van der Waals surface area contributed by atoms with Crippen molar-refractivity contribution in [2.75, 3.05) is 38.2 Å². The van der Waals surface area contributed by atoms with E-state index < -0.39 is 0 Å². The fourth-order valence-electron chi connectivity index (χ4n) is 3.62. The number of morpholine rings is 1. The maximum absolute atomic E-state index is 13.0. The van der Waals surface area contributed by atoms with Gasteiger partial charge in [-0.25, -0.2) is 0 Å². The zero-order valence-corrected chi connectivity index (χ0v) is 18.0. The van der Waals surface area contributed by atoms with E-state index in [2.05, 4.69) is 39.8 Å². The van der Waals surface area contributed by atoms with E-state index in [0.717, 1.165) is 25.2 Å². The monoisotopic (exact) mass is 433 g/mol. The Hall–Kier alpha value is -3.42. The van der Waals surface area contributed by atoms with Crippen LogP contribution < -0.4 is 10.6 Å². The van der Waals surface area contributed by atoms with Crippen LogP contribution in [0.3, 0.4) is 0 Å². The van der Waals surface area contributed by atoms with Crippen LogP contribution >= 0.6 is 0 Å². The van der Waals surface area contributed by atoms with Gasteiger partial charge in [-0.1, -0.05) is 29.8 Å². The molecule has 4 rings (SSSR count). The summed E-state index contributed by atoms with van der Waals surface area (Å²) in [6, 6.07) is 18.2. The summed E-state index contributed by atoms with van der Waals surface area (Å²) in [7, 11) is 0. The van der Waals surface area contributed by atoms with Crippen LogP contribution in [0, 0.1) is 6.92 Å². The number of benzene rings is 2. The van der Waals surface area contributed by atoms with Crippen LogP contribution in [0.5, 0.6) is 0 Å². The van der Waals surface area contributed by atoms with Crippen molar-refractivity contribution in [3.8, 4) is 0 Å². The molecule has 0 radical (unpaired) electrons. The number of amides is 2. The number of anilines is 1. The number of carbonyl (C=O) groups is 2. The van der Waals surface area contributed by atoms with Crippen LogP contribution in [0.1, 0.15) is 38.1 Å². The van der Waals surface area contributed by atoms with Crippen molar-refractivity contribution in [3.05, 3.63) is 89.4 Å². The van der Waals surface area contributed by atoms with Crippen LogP contribution in [-0.2, 0) is 4.74 Å². The molecule has 2 N–H and O–H groups in total. The van der Waals surface area contributed by atoms with E-state index in [1.54, 1.807) is 36.4 Å². The summed E-state index contributed by atoms with van der Waals surface area (Å²) in [6.45, 7) is 5.88. The van der Waals surface area contributed by atoms with Gasteiger partial charge >= 0.3 is 0 Å². The molecule has 0 unspecified atom stereocenters. The first-order valence-electron chi connectivity index (χ1n) is 10.7. The number of nitrogens with one attached hydrogen (secondary N) is 2. The molecule has 2 amide bonds. The Bertz CT molecular complexity index is 1020. The summed E-state index contributed by atoms with van der Waals surface area (Å²) in [6.07, 6.45) is 1.45. The quantitative estimate of drug-likeness (QED) is 0.594. The number of ether oxygens (including phenoxy) is 1. The van der Waals surface area contributed by atoms with Crippen LogP contribution in [0.25, 0.3) is 0 Å². The third-order valence-corrected chi connectivity index (χ3v) is 5.48. The SMILES string of the molecule is Cc1ccc([C@@H](CN2CCOCC2)NC(=O)c2ccc(NC(=O)c3ccco3)cc2)cc1. The standard InChI is InChI=1S/C25H27N3O4/c1-18-4-6-19(7-5-18)22(17-28-12-15-31-16-13-28)27-24(29)20-8-10-21(11-9-20)26-25(30)23-3-2-14-32-23/h2-11,14,22H,12-13,15-17H2,1H3,(H,26,30)(H,27,29)/t22-/m1/s1. The molecule has 1 fully saturated rings. The Morgan fingerprint density at radius 1 is 0.969 bits per heavy atom. The predicted molar refractivity (Wildman–Crippen MR) is 122 cm³/mol. The van der Waals surface area contributed by atoms with Gasteiger partial charge in [0.25, 0.3) is 11.8 Å². The number of nitrogens with zero attached hydrogens (tertiary/aromatic N) is 1. The van der Waals surface area contributed by atoms with Crippen molar-refractivity contribution in [1.29, 1.82) is 0 Å². The first-order chi connectivity index (χ1) is 15.6. The lowest BCUT2D eigenvalue weighted by molar-refractivity contribution is 0.0332. The average molecular weight is 434 g/mol. The highest BCUT2D eigenvalue weighted by atomic mass is 16.5. The molecule has 1 aromatic heterocycles. The van der Waals surface area contributed by atoms with Gasteiger partial charge in [-0.3, -0.25) is 14.5 Å². The molecule has 1 aliphatic heterocycles. The molecule has 1 atom stereocenters. The lowest BCUT2D eigenvalue weighted by Gasteiger charge is -2.31. The smallest absolute Gasteiger partial charge is 0.291 e. The van der Waals surface area contributed by atoms with Gasteiger partial charge in [0.1, 0.15) is 0 Å². The normalized spacial score (nSPS) is 15.2. The van der Waals surface area contributed by atoms with Gasteiger partial charge in [-0.2, -0.15) is 0 Å². The minimum absolute atomic E-state index is 0.139. The zero-order valence-electron chi connectivity index (χ0n) is 18.0. The van der Waals surface area contributed by atoms with Gasteiger partial charge in [0.05, 0.1) is 25.5 Å². The number of rotatable bonds is 7. The lowest BCUT2D eigenvalue weighted by atomic mass is 10.0. The van der Waals surface area contributed by atoms with Crippen LogP contribution in [0.4, 0.5) is 5.69 Å². The topological polar surface area (TPSA) is 83.8 Å². The third kappa shape index (κ3) is 5.63. The van der Waals surface area contributed by atoms with Gasteiger partial charge in [0.2, 0.25) is 0 Å². The van der Waals surface area contributed by atoms with Crippen LogP contribution in [0.15, 0.2) is 71.3 Å². The average Bonchev–Trinajstić information content (AvgIpc) is 3.36. The third-order valence-electron chi connectivity index (χ3n) is 5.48. The Morgan fingerprint density at radius 3 is 2.34 bits per heavy atom. The Morgan fingerprint density at radius 2 is 1.69 bits per heavy atom. The highest BCUT2D eigenvalue weighted by Crippen LogP contribution is 2.18. The Balaban J connectivity index is 1.43. The van der Waals surface area contributed by atoms with Crippen molar-refractivity contribution in [3.63, 3.8) is 0 Å². The molecule has 1 aliphatic rings. The van der Waals surface area contributed by atoms with Gasteiger partial charge in [-0.15, -0.1) is 0 Å². The van der Waals surface area contributed by atoms with Crippen molar-refractivity contribution in [2.24, 2.45) is 0 Å². The molecule has 0 bridgehead atoms. The van der Waals surface area contributed by atoms with Crippen molar-refractivity contribution >= 4 is 17.5 Å². The molecule has 0 spiro atoms. The van der Waals surface area contributed by atoms with Crippen molar-refractivity contribution in [2.45, 2.75) is 13.0 Å². The second-order valence-electron chi connectivity index (χ2n) is 7.86. The number of aryl methyl sites for hydroxylation is 1. The van der Waals surface area contributed by atoms with E-state index in [0.29, 0.717) is 24.5 Å². The molecule has 1 saturated heterocycles. The van der Waals surface area contributed by atoms with Gasteiger partial charge in [0, 0.05) is 30.9 Å². The van der Waals surface area contributed by atoms with Gasteiger partial charge in [-0.05, 0) is 48.9 Å². The number of carbonyl (C=O) groups excluding carboxylic acids is 2. The number of furan rings is 1. The molecule has 0 aliphatic carbocycles. The van der Waals surface area contributed by atoms with Crippen molar-refractivity contribution < 1.29 is 18.7 Å². The minimum Gasteiger partial charge on any atom is -0.459 e. The van der Waals surface area contributed by atoms with Crippen LogP contribution in [0.2, 0.25) is 0 Å². The molecular formula is C25H27N3O4. The number of hydrogen-bond donors (Lipinski definition) is 2. The summed E-state index contributed by atoms with van der Waals surface area (Å²) in [5, 5.41) is 5.93. The fraction of sp³-hybridized carbons (Fsp3) is 0.280. The first-order valence-corrected chi connectivity index (χ1v) is 10.7. The maximum atomic E-state index is 13.0. The van der Waals surface area contributed by atoms with Crippen molar-refractivity contribution in [1.82, 2.24) is 10.2 Å². The second kappa shape index (κ2) is 10.3. The summed E-state index contributed by atoms with van der Waals surface area (Å²) in [5.41, 5.74) is 3.36. The molecule has 2 aromatic carbocycles. The molecule has 166 valence electrons. The molecule has 7 heteroatoms. The second-order valence-corrected chi connectivity index (χ2v) is 7.86. The Kier molecular flexibility index (Phi) is 6.99. The molecule has 7 nitrogen and oxygen atoms in total. The summed E-state index contributed by atoms with van der Waals surface area (Å²) in [5.74, 6) is -0.263. The molecular weight excluding hydrogens is 406 g/mol. The zero-order chi connectivity index (χ0) is 22.3. The molecule has 0 saturated carbocycles. The summed E-state index contributed by atoms with van der Waals surface area (Å²) >= 11 is 0. The van der Waals surface area contributed by atoms with Crippen LogP contribution in [-0.4, -0.2) is 49.6 Å². The van der Waals surface area contributed by atoms with E-state index in [4.69, 9.17) is 9.15 Å². The van der Waals surface area contributed by atoms with Gasteiger partial charge in [0.15, 0.2) is 5.76 Å². The summed E-state index contributed by atoms with van der Waals surface area (Å²) < 4.78 is 10.5. The minimum atomic E-state index is -0.336. The van der Waals surface area contributed by atoms with E-state index in [1.165, 1.54) is 11.8 Å². The van der Waals surface area contributed by atoms with E-state index in [9.17, 15) is 9.59 Å². The molecule has 32 heavy (non-hydrogen) atoms. The predicted octanol–water partition coefficient (Wildman–Crippen LogP) is 3.64. The first kappa shape index (κ1) is 21.8. The van der Waals surface area contributed by atoms with E-state index >= 15 is 0 Å². The fourth-order valence-corrected chi connectivity index (χ4v) is 3.62. The molecule has 3 aromatic rings. The van der Waals surface area contributed by atoms with Gasteiger partial charge < -0.3 is 19.8 Å². The number of hydrogen-bond acceptors (Lipinski definition) is 5. The maximum Gasteiger partial charge on any atom is 0.291 e. The van der Waals surface area contributed by atoms with E-state index in [1.807, 2.05) is 6.92 Å². The largest absolute Gasteiger partial charge is 0.459 e. The highest BCUT2D eigenvalue weighted by molar-refractivity contribution is 6.02. The molecule has 2 heterocycles. The lowest BCUT2D eigenvalue weighted by Crippen LogP contribution is -2.43. The summed E-state index contributed by atoms with van der Waals surface area (Å²) in [4.78, 5) is 27.4. The van der Waals surface area contributed by atoms with E-state index in [-0.39, 0.29) is 23.6 Å². The highest BCUT2D eigenvalue weighted by Gasteiger charge is 2.21. The Labute approximate surface area is 187 Å².